The van der Waals surface area contributed by atoms with Crippen molar-refractivity contribution in [2.45, 2.75) is 86.5 Å². The average molecular weight is 669 g/mol. The molecule has 6 atom stereocenters. The Labute approximate surface area is 285 Å². The van der Waals surface area contributed by atoms with E-state index in [4.69, 9.17) is 0 Å². The van der Waals surface area contributed by atoms with Gasteiger partial charge < -0.3 is 31.1 Å². The first-order valence-electron chi connectivity index (χ1n) is 16.6. The van der Waals surface area contributed by atoms with Crippen molar-refractivity contribution >= 4 is 41.0 Å². The van der Waals surface area contributed by atoms with Crippen molar-refractivity contribution < 1.29 is 28.8 Å². The van der Waals surface area contributed by atoms with Crippen molar-refractivity contribution in [1.82, 2.24) is 26.2 Å². The van der Waals surface area contributed by atoms with E-state index in [9.17, 15) is 28.8 Å². The van der Waals surface area contributed by atoms with Crippen molar-refractivity contribution in [1.29, 1.82) is 0 Å². The number of nitrogens with one attached hydrogen (secondary N) is 4. The van der Waals surface area contributed by atoms with E-state index in [1.54, 1.807) is 12.1 Å². The fraction of sp³-hybridized carbons (Fsp3) is 0.611. The van der Waals surface area contributed by atoms with E-state index in [2.05, 4.69) is 27.8 Å². The first kappa shape index (κ1) is 40.0. The third kappa shape index (κ3) is 9.90. The van der Waals surface area contributed by atoms with Crippen molar-refractivity contribution in [3.63, 3.8) is 0 Å². The van der Waals surface area contributed by atoms with Crippen LogP contribution in [0.15, 0.2) is 36.9 Å². The zero-order valence-electron chi connectivity index (χ0n) is 30.5. The number of benzene rings is 1. The number of anilines is 1. The average Bonchev–Trinajstić information content (AvgIpc) is 3.36. The first-order chi connectivity index (χ1) is 22.2. The molecule has 5 amide bonds. The van der Waals surface area contributed by atoms with Crippen molar-refractivity contribution in [3.05, 3.63) is 42.5 Å². The normalized spacial score (nSPS) is 19.6. The number of Topliss-reactive ketones (excluding diaryl/α,β-unsaturated/α-hetero) is 2. The molecule has 0 saturated carbocycles. The monoisotopic (exact) mass is 668 g/mol. The number of rotatable bonds is 14. The van der Waals surface area contributed by atoms with E-state index in [1.165, 1.54) is 17.9 Å². The topological polar surface area (TPSA) is 157 Å². The van der Waals surface area contributed by atoms with Crippen LogP contribution < -0.4 is 26.2 Å². The van der Waals surface area contributed by atoms with Gasteiger partial charge in [-0.3, -0.25) is 24.0 Å². The van der Waals surface area contributed by atoms with Crippen molar-refractivity contribution in [3.8, 4) is 0 Å². The van der Waals surface area contributed by atoms with Gasteiger partial charge in [-0.25, -0.2) is 4.79 Å². The van der Waals surface area contributed by atoms with Crippen LogP contribution in [0.2, 0.25) is 0 Å². The molecule has 0 radical (unpaired) electrons. The van der Waals surface area contributed by atoms with Crippen LogP contribution in [0.4, 0.5) is 10.5 Å². The fourth-order valence-electron chi connectivity index (χ4n) is 6.03. The Morgan fingerprint density at radius 2 is 1.54 bits per heavy atom. The molecule has 1 aromatic carbocycles. The lowest BCUT2D eigenvalue weighted by Gasteiger charge is -2.36. The molecule has 1 fully saturated rings. The summed E-state index contributed by atoms with van der Waals surface area (Å²) < 4.78 is 0. The van der Waals surface area contributed by atoms with Gasteiger partial charge in [0, 0.05) is 38.4 Å². The third-order valence-corrected chi connectivity index (χ3v) is 9.00. The second kappa shape index (κ2) is 16.7. The van der Waals surface area contributed by atoms with E-state index in [0.29, 0.717) is 5.56 Å². The van der Waals surface area contributed by atoms with Gasteiger partial charge in [-0.05, 0) is 60.3 Å². The molecule has 48 heavy (non-hydrogen) atoms. The minimum absolute atomic E-state index is 0.0390. The van der Waals surface area contributed by atoms with Crippen LogP contribution in [-0.2, 0) is 19.2 Å². The van der Waals surface area contributed by atoms with Crippen molar-refractivity contribution in [2.75, 3.05) is 32.1 Å². The number of likely N-dealkylation sites (tertiary alicyclic amines) is 1. The summed E-state index contributed by atoms with van der Waals surface area (Å²) in [6.45, 7) is 20.3. The molecule has 1 saturated heterocycles. The fourth-order valence-corrected chi connectivity index (χ4v) is 6.03. The number of carbonyl (C=O) groups is 6. The molecular formula is C36H56N6O6. The highest BCUT2D eigenvalue weighted by molar-refractivity contribution is 6.38. The molecule has 2 rings (SSSR count). The van der Waals surface area contributed by atoms with Crippen molar-refractivity contribution in [2.24, 2.45) is 29.1 Å². The number of urea groups is 1. The summed E-state index contributed by atoms with van der Waals surface area (Å²) in [5.74, 6) is -3.36. The molecule has 12 heteroatoms. The maximum Gasteiger partial charge on any atom is 0.316 e. The summed E-state index contributed by atoms with van der Waals surface area (Å²) in [4.78, 5) is 83.3. The van der Waals surface area contributed by atoms with E-state index in [1.807, 2.05) is 86.5 Å². The summed E-state index contributed by atoms with van der Waals surface area (Å²) in [7, 11) is 3.81. The second-order valence-corrected chi connectivity index (χ2v) is 14.7. The summed E-state index contributed by atoms with van der Waals surface area (Å²) in [6, 6.07) is 2.45. The minimum Gasteiger partial charge on any atom is -0.378 e. The first-order valence-corrected chi connectivity index (χ1v) is 16.6. The van der Waals surface area contributed by atoms with Gasteiger partial charge in [-0.15, -0.1) is 6.58 Å². The molecule has 1 aromatic rings. The molecule has 0 spiro atoms. The molecule has 0 aliphatic carbocycles. The summed E-state index contributed by atoms with van der Waals surface area (Å²) in [5.41, 5.74) is 0.608. The minimum atomic E-state index is -1.13. The Morgan fingerprint density at radius 1 is 0.958 bits per heavy atom. The van der Waals surface area contributed by atoms with E-state index in [0.717, 1.165) is 5.69 Å². The number of carbonyl (C=O) groups excluding carboxylic acids is 6. The molecule has 1 heterocycles. The molecule has 0 bridgehead atoms. The lowest BCUT2D eigenvalue weighted by Crippen LogP contribution is -2.61. The molecule has 12 nitrogen and oxygen atoms in total. The van der Waals surface area contributed by atoms with Crippen LogP contribution >= 0.6 is 0 Å². The molecule has 5 unspecified atom stereocenters. The van der Waals surface area contributed by atoms with Crippen LogP contribution in [0.25, 0.3) is 0 Å². The lowest BCUT2D eigenvalue weighted by atomic mass is 9.84. The van der Waals surface area contributed by atoms with Crippen LogP contribution in [-0.4, -0.2) is 91.6 Å². The lowest BCUT2D eigenvalue weighted by molar-refractivity contribution is -0.144. The zero-order chi connectivity index (χ0) is 36.7. The Bertz CT molecular complexity index is 1350. The molecule has 266 valence electrons. The van der Waals surface area contributed by atoms with Gasteiger partial charge in [0.15, 0.2) is 5.78 Å². The van der Waals surface area contributed by atoms with Gasteiger partial charge in [0.2, 0.25) is 17.6 Å². The maximum absolute atomic E-state index is 14.4. The summed E-state index contributed by atoms with van der Waals surface area (Å²) >= 11 is 0. The number of nitrogens with zero attached hydrogens (tertiary/aromatic N) is 2. The van der Waals surface area contributed by atoms with Gasteiger partial charge in [-0.1, -0.05) is 61.5 Å². The molecule has 0 aromatic heterocycles. The van der Waals surface area contributed by atoms with Crippen LogP contribution in [0, 0.1) is 29.1 Å². The van der Waals surface area contributed by atoms with Crippen LogP contribution in [0.5, 0.6) is 0 Å². The number of hydrogen-bond donors (Lipinski definition) is 4. The predicted octanol–water partition coefficient (Wildman–Crippen LogP) is 3.17. The van der Waals surface area contributed by atoms with Gasteiger partial charge in [-0.2, -0.15) is 0 Å². The predicted molar refractivity (Wildman–Crippen MR) is 187 cm³/mol. The number of ketones is 2. The van der Waals surface area contributed by atoms with Gasteiger partial charge >= 0.3 is 6.03 Å². The van der Waals surface area contributed by atoms with E-state index >= 15 is 0 Å². The molecule has 1 aliphatic rings. The zero-order valence-corrected chi connectivity index (χ0v) is 30.5. The standard InChI is InChI=1S/C36H56N6O6/c1-13-18-37-33(46)29(43)23(7)38-32(45)28-22(6)26(20(2)3)19-42(28)34(47)31(36(8,9)10)40-35(48)39-27(21(4)5)30(44)24-14-16-25(17-15-24)41(11)12/h13-17,20-23,26-28,31H,1,18-19H2,2-12H3,(H,37,46)(H,38,45)(H2,39,40,48)/t22?,23?,26-,27?,28?,31?/m1/s1. The smallest absolute Gasteiger partial charge is 0.316 e. The maximum atomic E-state index is 14.4. The largest absolute Gasteiger partial charge is 0.378 e. The summed E-state index contributed by atoms with van der Waals surface area (Å²) in [5, 5.41) is 10.7. The molecule has 4 N–H and O–H groups in total. The highest BCUT2D eigenvalue weighted by Gasteiger charge is 2.50. The third-order valence-electron chi connectivity index (χ3n) is 9.00. The van der Waals surface area contributed by atoms with Gasteiger partial charge in [0.1, 0.15) is 12.1 Å². The van der Waals surface area contributed by atoms with Crippen LogP contribution in [0.1, 0.15) is 72.7 Å². The Morgan fingerprint density at radius 3 is 2.02 bits per heavy atom. The highest BCUT2D eigenvalue weighted by atomic mass is 16.2. The molecule has 1 aliphatic heterocycles. The van der Waals surface area contributed by atoms with E-state index < -0.39 is 59.1 Å². The quantitative estimate of drug-likeness (QED) is 0.135. The number of hydrogen-bond acceptors (Lipinski definition) is 7. The Hall–Kier alpha value is -4.22. The highest BCUT2D eigenvalue weighted by Crippen LogP contribution is 2.36. The molecular weight excluding hydrogens is 612 g/mol. The van der Waals surface area contributed by atoms with Crippen LogP contribution in [0.3, 0.4) is 0 Å². The SMILES string of the molecule is C=CCNC(=O)C(=O)C(C)NC(=O)C1C(C)[C@@H](C(C)C)CN1C(=O)C(NC(=O)NC(C(=O)c1ccc(N(C)C)cc1)C(C)C)C(C)(C)C. The second-order valence-electron chi connectivity index (χ2n) is 14.7. The van der Waals surface area contributed by atoms with E-state index in [-0.39, 0.29) is 42.5 Å². The number of amides is 5. The Balaban J connectivity index is 2.33. The Kier molecular flexibility index (Phi) is 13.9. The summed E-state index contributed by atoms with van der Waals surface area (Å²) in [6.07, 6.45) is 1.44. The van der Waals surface area contributed by atoms with Gasteiger partial charge in [0.05, 0.1) is 12.1 Å². The van der Waals surface area contributed by atoms with Gasteiger partial charge in [0.25, 0.3) is 5.91 Å².